The number of sulfone groups is 1. The Morgan fingerprint density at radius 3 is 2.80 bits per heavy atom. The fraction of sp³-hybridized carbons (Fsp3) is 0.500. The molecular weight excluding hydrogens is 276 g/mol. The first-order valence-electron chi connectivity index (χ1n) is 6.86. The zero-order chi connectivity index (χ0) is 14.6. The van der Waals surface area contributed by atoms with Crippen molar-refractivity contribution in [2.75, 3.05) is 18.8 Å². The molecule has 1 aromatic carbocycles. The molecular formula is C14H20N2O3S. The zero-order valence-electron chi connectivity index (χ0n) is 11.6. The Morgan fingerprint density at radius 1 is 1.30 bits per heavy atom. The van der Waals surface area contributed by atoms with Crippen LogP contribution in [0.4, 0.5) is 0 Å². The molecule has 0 bridgehead atoms. The van der Waals surface area contributed by atoms with Gasteiger partial charge in [0.2, 0.25) is 5.91 Å². The Morgan fingerprint density at radius 2 is 2.05 bits per heavy atom. The van der Waals surface area contributed by atoms with E-state index in [1.165, 1.54) is 0 Å². The van der Waals surface area contributed by atoms with Gasteiger partial charge in [-0.1, -0.05) is 25.1 Å². The molecule has 6 heteroatoms. The van der Waals surface area contributed by atoms with Gasteiger partial charge in [0.25, 0.3) is 0 Å². The molecule has 0 aromatic heterocycles. The minimum Gasteiger partial charge on any atom is -0.356 e. The predicted octanol–water partition coefficient (Wildman–Crippen LogP) is 1.02. The van der Waals surface area contributed by atoms with E-state index in [2.05, 4.69) is 10.6 Å². The molecule has 1 aliphatic heterocycles. The predicted molar refractivity (Wildman–Crippen MR) is 77.2 cm³/mol. The highest BCUT2D eigenvalue weighted by molar-refractivity contribution is 7.91. The van der Waals surface area contributed by atoms with E-state index in [1.807, 2.05) is 19.1 Å². The summed E-state index contributed by atoms with van der Waals surface area (Å²) in [7, 11) is -3.18. The summed E-state index contributed by atoms with van der Waals surface area (Å²) in [5.74, 6) is 0.0663. The summed E-state index contributed by atoms with van der Waals surface area (Å²) < 4.78 is 24.0. The van der Waals surface area contributed by atoms with Crippen molar-refractivity contribution in [2.24, 2.45) is 0 Å². The third-order valence-electron chi connectivity index (χ3n) is 3.33. The summed E-state index contributed by atoms with van der Waals surface area (Å²) in [5.41, 5.74) is 0.807. The second kappa shape index (κ2) is 6.37. The molecule has 0 radical (unpaired) electrons. The van der Waals surface area contributed by atoms with Gasteiger partial charge in [0.1, 0.15) is 0 Å². The molecule has 2 rings (SSSR count). The van der Waals surface area contributed by atoms with E-state index >= 15 is 0 Å². The summed E-state index contributed by atoms with van der Waals surface area (Å²) in [5, 5.41) is 5.96. The molecule has 1 amide bonds. The molecule has 110 valence electrons. The van der Waals surface area contributed by atoms with Crippen molar-refractivity contribution < 1.29 is 13.2 Å². The molecule has 0 fully saturated rings. The van der Waals surface area contributed by atoms with Crippen LogP contribution < -0.4 is 10.6 Å². The fourth-order valence-corrected chi connectivity index (χ4v) is 4.10. The molecule has 0 saturated carbocycles. The van der Waals surface area contributed by atoms with E-state index in [0.29, 0.717) is 24.4 Å². The van der Waals surface area contributed by atoms with Gasteiger partial charge in [-0.15, -0.1) is 0 Å². The Kier molecular flexibility index (Phi) is 4.77. The molecule has 20 heavy (non-hydrogen) atoms. The Hall–Kier alpha value is -1.40. The number of carbonyl (C=O) groups excluding carboxylic acids is 1. The van der Waals surface area contributed by atoms with Crippen LogP contribution in [0, 0.1) is 0 Å². The Bertz CT molecular complexity index is 584. The van der Waals surface area contributed by atoms with Crippen molar-refractivity contribution in [3.05, 3.63) is 29.8 Å². The highest BCUT2D eigenvalue weighted by Crippen LogP contribution is 2.32. The third kappa shape index (κ3) is 3.37. The quantitative estimate of drug-likeness (QED) is 0.822. The highest BCUT2D eigenvalue weighted by atomic mass is 32.2. The maximum Gasteiger partial charge on any atom is 0.221 e. The van der Waals surface area contributed by atoms with Crippen LogP contribution in [0.2, 0.25) is 0 Å². The molecule has 1 heterocycles. The van der Waals surface area contributed by atoms with Crippen molar-refractivity contribution in [1.29, 1.82) is 0 Å². The number of carbonyl (C=O) groups is 1. The van der Waals surface area contributed by atoms with E-state index in [0.717, 1.165) is 12.0 Å². The second-order valence-corrected chi connectivity index (χ2v) is 6.93. The molecule has 1 unspecified atom stereocenters. The van der Waals surface area contributed by atoms with Crippen LogP contribution >= 0.6 is 0 Å². The third-order valence-corrected chi connectivity index (χ3v) is 5.14. The molecule has 0 saturated heterocycles. The highest BCUT2D eigenvalue weighted by Gasteiger charge is 2.33. The number of nitrogens with one attached hydrogen (secondary N) is 2. The first kappa shape index (κ1) is 15.0. The van der Waals surface area contributed by atoms with Crippen molar-refractivity contribution in [3.63, 3.8) is 0 Å². The lowest BCUT2D eigenvalue weighted by molar-refractivity contribution is -0.121. The Balaban J connectivity index is 1.91. The lowest BCUT2D eigenvalue weighted by atomic mass is 10.1. The molecule has 1 aromatic rings. The van der Waals surface area contributed by atoms with Crippen molar-refractivity contribution in [3.8, 4) is 0 Å². The topological polar surface area (TPSA) is 75.3 Å². The standard InChI is InChI=1S/C14H20N2O3S/c1-2-8-16-14(17)7-9-15-12-10-20(18,19)13-6-4-3-5-11(12)13/h3-6,12,15H,2,7-10H2,1H3,(H,16,17). The number of fused-ring (bicyclic) bond motifs is 1. The summed E-state index contributed by atoms with van der Waals surface area (Å²) in [6.07, 6.45) is 1.27. The van der Waals surface area contributed by atoms with E-state index in [9.17, 15) is 13.2 Å². The van der Waals surface area contributed by atoms with Crippen molar-refractivity contribution >= 4 is 15.7 Å². The van der Waals surface area contributed by atoms with Gasteiger partial charge in [-0.2, -0.15) is 0 Å². The number of hydrogen-bond donors (Lipinski definition) is 2. The monoisotopic (exact) mass is 296 g/mol. The average molecular weight is 296 g/mol. The summed E-state index contributed by atoms with van der Waals surface area (Å²) in [6, 6.07) is 6.82. The molecule has 1 atom stereocenters. The van der Waals surface area contributed by atoms with Crippen LogP contribution in [0.15, 0.2) is 29.2 Å². The van der Waals surface area contributed by atoms with E-state index in [1.54, 1.807) is 12.1 Å². The number of hydrogen-bond acceptors (Lipinski definition) is 4. The lowest BCUT2D eigenvalue weighted by Gasteiger charge is -2.12. The van der Waals surface area contributed by atoms with Crippen molar-refractivity contribution in [1.82, 2.24) is 10.6 Å². The summed E-state index contributed by atoms with van der Waals surface area (Å²) in [4.78, 5) is 11.9. The molecule has 0 spiro atoms. The van der Waals surface area contributed by atoms with Gasteiger partial charge in [0.15, 0.2) is 9.84 Å². The largest absolute Gasteiger partial charge is 0.356 e. The molecule has 0 aliphatic carbocycles. The van der Waals surface area contributed by atoms with E-state index in [4.69, 9.17) is 0 Å². The summed E-state index contributed by atoms with van der Waals surface area (Å²) in [6.45, 7) is 3.16. The average Bonchev–Trinajstić information content (AvgIpc) is 2.69. The van der Waals surface area contributed by atoms with Gasteiger partial charge in [0, 0.05) is 25.6 Å². The maximum atomic E-state index is 12.0. The lowest BCUT2D eigenvalue weighted by Crippen LogP contribution is -2.30. The van der Waals surface area contributed by atoms with Gasteiger partial charge >= 0.3 is 0 Å². The SMILES string of the molecule is CCCNC(=O)CCNC1CS(=O)(=O)c2ccccc21. The number of amides is 1. The van der Waals surface area contributed by atoms with Crippen molar-refractivity contribution in [2.45, 2.75) is 30.7 Å². The van der Waals surface area contributed by atoms with Gasteiger partial charge in [-0.05, 0) is 18.1 Å². The molecule has 2 N–H and O–H groups in total. The number of benzene rings is 1. The van der Waals surface area contributed by atoms with Gasteiger partial charge in [-0.25, -0.2) is 8.42 Å². The van der Waals surface area contributed by atoms with Gasteiger partial charge < -0.3 is 10.6 Å². The fourth-order valence-electron chi connectivity index (χ4n) is 2.33. The van der Waals surface area contributed by atoms with E-state index < -0.39 is 9.84 Å². The Labute approximate surface area is 119 Å². The van der Waals surface area contributed by atoms with Crippen LogP contribution in [-0.4, -0.2) is 33.2 Å². The smallest absolute Gasteiger partial charge is 0.221 e. The molecule has 5 nitrogen and oxygen atoms in total. The number of rotatable bonds is 6. The zero-order valence-corrected chi connectivity index (χ0v) is 12.4. The van der Waals surface area contributed by atoms with Crippen LogP contribution in [0.1, 0.15) is 31.4 Å². The maximum absolute atomic E-state index is 12.0. The normalized spacial score (nSPS) is 19.6. The van der Waals surface area contributed by atoms with E-state index in [-0.39, 0.29) is 17.7 Å². The molecule has 1 aliphatic rings. The van der Waals surface area contributed by atoms with Gasteiger partial charge in [-0.3, -0.25) is 4.79 Å². The van der Waals surface area contributed by atoms with Crippen LogP contribution in [0.3, 0.4) is 0 Å². The first-order chi connectivity index (χ1) is 9.54. The van der Waals surface area contributed by atoms with Crippen LogP contribution in [0.25, 0.3) is 0 Å². The summed E-state index contributed by atoms with van der Waals surface area (Å²) >= 11 is 0. The minimum absolute atomic E-state index is 0.00603. The van der Waals surface area contributed by atoms with Gasteiger partial charge in [0.05, 0.1) is 10.6 Å². The second-order valence-electron chi connectivity index (χ2n) is 4.93. The van der Waals surface area contributed by atoms with Crippen LogP contribution in [-0.2, 0) is 14.6 Å². The minimum atomic E-state index is -3.18. The first-order valence-corrected chi connectivity index (χ1v) is 8.51. The van der Waals surface area contributed by atoms with Crippen LogP contribution in [0.5, 0.6) is 0 Å².